The van der Waals surface area contributed by atoms with Gasteiger partial charge >= 0.3 is 0 Å². The Morgan fingerprint density at radius 3 is 2.20 bits per heavy atom. The van der Waals surface area contributed by atoms with Gasteiger partial charge in [0, 0.05) is 18.6 Å². The molecule has 0 unspecified atom stereocenters. The molecule has 0 spiro atoms. The molecule has 4 nitrogen and oxygen atoms in total. The molecular weight excluding hydrogens is 278 g/mol. The third-order valence-electron chi connectivity index (χ3n) is 2.67. The van der Waals surface area contributed by atoms with Crippen molar-refractivity contribution in [2.75, 3.05) is 13.6 Å². The van der Waals surface area contributed by atoms with Gasteiger partial charge in [0.05, 0.1) is 5.60 Å². The predicted octanol–water partition coefficient (Wildman–Crippen LogP) is 2.73. The first-order valence-electron chi connectivity index (χ1n) is 6.44. The molecular formula is C15H22ClNO3. The van der Waals surface area contributed by atoms with Gasteiger partial charge in [-0.15, -0.1) is 0 Å². The molecule has 0 aliphatic heterocycles. The number of halogens is 1. The van der Waals surface area contributed by atoms with Crippen LogP contribution in [0, 0.1) is 0 Å². The SMILES string of the molecule is CN(CC(C)(C)O)C(=O)C(C)(C)Oc1ccc(Cl)cc1. The maximum atomic E-state index is 12.4. The minimum atomic E-state index is -1.02. The molecule has 1 amide bonds. The third kappa shape index (κ3) is 5.02. The topological polar surface area (TPSA) is 49.8 Å². The quantitative estimate of drug-likeness (QED) is 0.909. The predicted molar refractivity (Wildman–Crippen MR) is 80.1 cm³/mol. The van der Waals surface area contributed by atoms with Crippen molar-refractivity contribution in [2.24, 2.45) is 0 Å². The summed E-state index contributed by atoms with van der Waals surface area (Å²) in [5.74, 6) is 0.374. The monoisotopic (exact) mass is 299 g/mol. The van der Waals surface area contributed by atoms with Gasteiger partial charge in [0.2, 0.25) is 0 Å². The lowest BCUT2D eigenvalue weighted by molar-refractivity contribution is -0.146. The van der Waals surface area contributed by atoms with Gasteiger partial charge in [-0.05, 0) is 52.0 Å². The van der Waals surface area contributed by atoms with Crippen molar-refractivity contribution in [1.82, 2.24) is 4.90 Å². The zero-order valence-corrected chi connectivity index (χ0v) is 13.4. The lowest BCUT2D eigenvalue weighted by Crippen LogP contribution is -2.50. The van der Waals surface area contributed by atoms with E-state index in [4.69, 9.17) is 16.3 Å². The van der Waals surface area contributed by atoms with Crippen molar-refractivity contribution in [3.8, 4) is 5.75 Å². The number of carbonyl (C=O) groups excluding carboxylic acids is 1. The molecule has 1 aromatic carbocycles. The van der Waals surface area contributed by atoms with E-state index in [-0.39, 0.29) is 12.5 Å². The summed E-state index contributed by atoms with van der Waals surface area (Å²) in [5.41, 5.74) is -1.96. The molecule has 0 aliphatic carbocycles. The second-order valence-corrected chi connectivity index (χ2v) is 6.48. The fourth-order valence-electron chi connectivity index (χ4n) is 1.95. The van der Waals surface area contributed by atoms with Crippen LogP contribution in [0.5, 0.6) is 5.75 Å². The first kappa shape index (κ1) is 16.8. The van der Waals surface area contributed by atoms with Crippen LogP contribution in [0.3, 0.4) is 0 Å². The normalized spacial score (nSPS) is 12.2. The first-order valence-corrected chi connectivity index (χ1v) is 6.81. The molecule has 1 N–H and O–H groups in total. The fraction of sp³-hybridized carbons (Fsp3) is 0.533. The molecule has 0 saturated carbocycles. The average molecular weight is 300 g/mol. The average Bonchev–Trinajstić information content (AvgIpc) is 2.28. The van der Waals surface area contributed by atoms with E-state index in [1.807, 2.05) is 0 Å². The van der Waals surface area contributed by atoms with Crippen molar-refractivity contribution in [3.05, 3.63) is 29.3 Å². The number of benzene rings is 1. The molecule has 0 heterocycles. The summed E-state index contributed by atoms with van der Waals surface area (Å²) in [4.78, 5) is 13.8. The number of rotatable bonds is 5. The summed E-state index contributed by atoms with van der Waals surface area (Å²) in [6.45, 7) is 6.95. The van der Waals surface area contributed by atoms with Crippen LogP contribution < -0.4 is 4.74 Å². The van der Waals surface area contributed by atoms with Crippen molar-refractivity contribution < 1.29 is 14.6 Å². The third-order valence-corrected chi connectivity index (χ3v) is 2.92. The zero-order chi connectivity index (χ0) is 15.6. The van der Waals surface area contributed by atoms with Crippen molar-refractivity contribution in [1.29, 1.82) is 0 Å². The molecule has 1 rings (SSSR count). The van der Waals surface area contributed by atoms with E-state index in [9.17, 15) is 9.90 Å². The van der Waals surface area contributed by atoms with E-state index in [0.717, 1.165) is 0 Å². The van der Waals surface area contributed by atoms with Crippen molar-refractivity contribution in [2.45, 2.75) is 38.9 Å². The molecule has 0 bridgehead atoms. The van der Waals surface area contributed by atoms with Gasteiger partial charge in [-0.3, -0.25) is 4.79 Å². The number of likely N-dealkylation sites (N-methyl/N-ethyl adjacent to an activating group) is 1. The van der Waals surface area contributed by atoms with Gasteiger partial charge in [0.1, 0.15) is 5.75 Å². The molecule has 0 aliphatic rings. The van der Waals surface area contributed by atoms with E-state index < -0.39 is 11.2 Å². The Morgan fingerprint density at radius 2 is 1.75 bits per heavy atom. The van der Waals surface area contributed by atoms with Gasteiger partial charge in [0.25, 0.3) is 5.91 Å². The molecule has 1 aromatic rings. The number of carbonyl (C=O) groups is 1. The minimum Gasteiger partial charge on any atom is -0.478 e. The van der Waals surface area contributed by atoms with Gasteiger partial charge in [-0.1, -0.05) is 11.6 Å². The van der Waals surface area contributed by atoms with Crippen LogP contribution in [-0.4, -0.2) is 40.7 Å². The summed E-state index contributed by atoms with van der Waals surface area (Å²) in [6.07, 6.45) is 0. The number of aliphatic hydroxyl groups is 1. The molecule has 0 radical (unpaired) electrons. The second kappa shape index (κ2) is 6.02. The zero-order valence-electron chi connectivity index (χ0n) is 12.6. The number of ether oxygens (including phenoxy) is 1. The summed E-state index contributed by atoms with van der Waals surface area (Å²) in [6, 6.07) is 6.84. The Balaban J connectivity index is 2.76. The van der Waals surface area contributed by atoms with Gasteiger partial charge in [-0.25, -0.2) is 0 Å². The van der Waals surface area contributed by atoms with Gasteiger partial charge in [0.15, 0.2) is 5.60 Å². The van der Waals surface area contributed by atoms with Crippen LogP contribution in [0.25, 0.3) is 0 Å². The molecule has 20 heavy (non-hydrogen) atoms. The van der Waals surface area contributed by atoms with Crippen LogP contribution in [-0.2, 0) is 4.79 Å². The highest BCUT2D eigenvalue weighted by molar-refractivity contribution is 6.30. The molecule has 0 saturated heterocycles. The lowest BCUT2D eigenvalue weighted by atomic mass is 10.1. The summed E-state index contributed by atoms with van der Waals surface area (Å²) in [7, 11) is 1.65. The van der Waals surface area contributed by atoms with E-state index >= 15 is 0 Å². The number of amides is 1. The number of hydrogen-bond donors (Lipinski definition) is 1. The van der Waals surface area contributed by atoms with Crippen molar-refractivity contribution in [3.63, 3.8) is 0 Å². The Kier molecular flexibility index (Phi) is 5.05. The van der Waals surface area contributed by atoms with Crippen LogP contribution in [0.4, 0.5) is 0 Å². The maximum absolute atomic E-state index is 12.4. The van der Waals surface area contributed by atoms with Crippen LogP contribution in [0.1, 0.15) is 27.7 Å². The fourth-order valence-corrected chi connectivity index (χ4v) is 2.08. The van der Waals surface area contributed by atoms with E-state index in [1.54, 1.807) is 59.0 Å². The van der Waals surface area contributed by atoms with Gasteiger partial charge < -0.3 is 14.7 Å². The highest BCUT2D eigenvalue weighted by Gasteiger charge is 2.34. The Morgan fingerprint density at radius 1 is 1.25 bits per heavy atom. The van der Waals surface area contributed by atoms with Crippen molar-refractivity contribution >= 4 is 17.5 Å². The van der Waals surface area contributed by atoms with E-state index in [1.165, 1.54) is 4.90 Å². The van der Waals surface area contributed by atoms with Crippen LogP contribution in [0.15, 0.2) is 24.3 Å². The van der Waals surface area contributed by atoms with E-state index in [0.29, 0.717) is 10.8 Å². The molecule has 112 valence electrons. The first-order chi connectivity index (χ1) is 9.01. The standard InChI is InChI=1S/C15H22ClNO3/c1-14(2,19)10-17(5)13(18)15(3,4)20-12-8-6-11(16)7-9-12/h6-9,19H,10H2,1-5H3. The largest absolute Gasteiger partial charge is 0.478 e. The molecule has 0 aromatic heterocycles. The minimum absolute atomic E-state index is 0.199. The molecule has 0 atom stereocenters. The second-order valence-electron chi connectivity index (χ2n) is 6.04. The van der Waals surface area contributed by atoms with E-state index in [2.05, 4.69) is 0 Å². The van der Waals surface area contributed by atoms with Crippen LogP contribution in [0.2, 0.25) is 5.02 Å². The lowest BCUT2D eigenvalue weighted by Gasteiger charge is -2.33. The summed E-state index contributed by atoms with van der Waals surface area (Å²) < 4.78 is 5.72. The molecule has 5 heteroatoms. The van der Waals surface area contributed by atoms with Crippen LogP contribution >= 0.6 is 11.6 Å². The number of nitrogens with zero attached hydrogens (tertiary/aromatic N) is 1. The Hall–Kier alpha value is -1.26. The molecule has 0 fully saturated rings. The smallest absolute Gasteiger partial charge is 0.266 e. The highest BCUT2D eigenvalue weighted by atomic mass is 35.5. The highest BCUT2D eigenvalue weighted by Crippen LogP contribution is 2.22. The maximum Gasteiger partial charge on any atom is 0.266 e. The number of hydrogen-bond acceptors (Lipinski definition) is 3. The van der Waals surface area contributed by atoms with Gasteiger partial charge in [-0.2, -0.15) is 0 Å². The Labute approximate surface area is 125 Å². The Bertz CT molecular complexity index is 463. The summed E-state index contributed by atoms with van der Waals surface area (Å²) >= 11 is 5.81. The summed E-state index contributed by atoms with van der Waals surface area (Å²) in [5, 5.41) is 10.4.